The lowest BCUT2D eigenvalue weighted by atomic mass is 10.2. The predicted molar refractivity (Wildman–Crippen MR) is 84.3 cm³/mol. The zero-order valence-corrected chi connectivity index (χ0v) is 13.8. The van der Waals surface area contributed by atoms with Crippen molar-refractivity contribution >= 4 is 24.0 Å². The highest BCUT2D eigenvalue weighted by molar-refractivity contribution is 6.30. The average molecular weight is 332 g/mol. The molecule has 0 aliphatic carbocycles. The first-order valence-electron chi connectivity index (χ1n) is 6.46. The van der Waals surface area contributed by atoms with Crippen LogP contribution in [0.5, 0.6) is 5.75 Å². The van der Waals surface area contributed by atoms with Gasteiger partial charge in [-0.1, -0.05) is 16.8 Å². The molecule has 1 aromatic heterocycles. The first-order valence-corrected chi connectivity index (χ1v) is 6.84. The van der Waals surface area contributed by atoms with Crippen molar-refractivity contribution in [3.63, 3.8) is 0 Å². The third-order valence-corrected chi connectivity index (χ3v) is 3.21. The number of likely N-dealkylation sites (N-methyl/N-ethyl adjacent to an activating group) is 1. The van der Waals surface area contributed by atoms with Gasteiger partial charge in [0.05, 0.1) is 0 Å². The number of nitrogens with zero attached hydrogens (tertiary/aromatic N) is 2. The summed E-state index contributed by atoms with van der Waals surface area (Å²) in [5.74, 6) is 1.91. The molecule has 2 rings (SSSR count). The van der Waals surface area contributed by atoms with E-state index in [0.29, 0.717) is 22.8 Å². The number of aryl methyl sites for hydroxylation is 1. The molecule has 116 valence electrons. The lowest BCUT2D eigenvalue weighted by molar-refractivity contribution is 0.241. The van der Waals surface area contributed by atoms with Gasteiger partial charge in [0, 0.05) is 17.5 Å². The van der Waals surface area contributed by atoms with Crippen LogP contribution in [0.2, 0.25) is 5.02 Å². The SMILES string of the molecule is CNC(C)Cc1noc(COc2ccc(Cl)cc2C)n1.Cl. The van der Waals surface area contributed by atoms with E-state index in [4.69, 9.17) is 20.9 Å². The van der Waals surface area contributed by atoms with Crippen LogP contribution in [0.3, 0.4) is 0 Å². The molecule has 0 fully saturated rings. The van der Waals surface area contributed by atoms with E-state index in [-0.39, 0.29) is 19.0 Å². The van der Waals surface area contributed by atoms with Crippen LogP contribution in [0.25, 0.3) is 0 Å². The molecule has 0 bridgehead atoms. The first-order chi connectivity index (χ1) is 9.58. The van der Waals surface area contributed by atoms with Crippen LogP contribution >= 0.6 is 24.0 Å². The number of rotatable bonds is 6. The summed E-state index contributed by atoms with van der Waals surface area (Å²) in [7, 11) is 1.90. The molecule has 1 heterocycles. The second kappa shape index (κ2) is 8.22. The number of ether oxygens (including phenoxy) is 1. The van der Waals surface area contributed by atoms with Gasteiger partial charge in [-0.25, -0.2) is 0 Å². The Labute approximate surface area is 135 Å². The fourth-order valence-corrected chi connectivity index (χ4v) is 1.95. The summed E-state index contributed by atoms with van der Waals surface area (Å²) in [6.45, 7) is 4.25. The maximum absolute atomic E-state index is 5.90. The highest BCUT2D eigenvalue weighted by Gasteiger charge is 2.10. The van der Waals surface area contributed by atoms with Crippen molar-refractivity contribution in [3.05, 3.63) is 40.5 Å². The number of halogens is 2. The molecule has 0 aliphatic heterocycles. The van der Waals surface area contributed by atoms with Gasteiger partial charge in [0.2, 0.25) is 0 Å². The Morgan fingerprint density at radius 1 is 1.43 bits per heavy atom. The summed E-state index contributed by atoms with van der Waals surface area (Å²) in [5, 5.41) is 7.74. The standard InChI is InChI=1S/C14H18ClN3O2.ClH/c1-9-6-11(15)4-5-12(9)19-8-14-17-13(18-20-14)7-10(2)16-3;/h4-6,10,16H,7-8H2,1-3H3;1H. The zero-order chi connectivity index (χ0) is 14.5. The van der Waals surface area contributed by atoms with Gasteiger partial charge in [-0.15, -0.1) is 12.4 Å². The van der Waals surface area contributed by atoms with E-state index < -0.39 is 0 Å². The molecule has 0 saturated heterocycles. The highest BCUT2D eigenvalue weighted by atomic mass is 35.5. The minimum Gasteiger partial charge on any atom is -0.483 e. The Kier molecular flexibility index (Phi) is 6.95. The minimum absolute atomic E-state index is 0. The molecule has 0 amide bonds. The number of aromatic nitrogens is 2. The van der Waals surface area contributed by atoms with Crippen LogP contribution in [0.1, 0.15) is 24.2 Å². The van der Waals surface area contributed by atoms with Gasteiger partial charge in [-0.3, -0.25) is 0 Å². The summed E-state index contributed by atoms with van der Waals surface area (Å²) >= 11 is 5.90. The number of hydrogen-bond acceptors (Lipinski definition) is 5. The predicted octanol–water partition coefficient (Wildman–Crippen LogP) is 3.18. The van der Waals surface area contributed by atoms with E-state index in [1.54, 1.807) is 6.07 Å². The molecular formula is C14H19Cl2N3O2. The third kappa shape index (κ3) is 5.19. The molecule has 2 aromatic rings. The minimum atomic E-state index is 0. The molecule has 5 nitrogen and oxygen atoms in total. The normalized spacial score (nSPS) is 11.8. The summed E-state index contributed by atoms with van der Waals surface area (Å²) in [6.07, 6.45) is 0.722. The maximum Gasteiger partial charge on any atom is 0.264 e. The second-order valence-electron chi connectivity index (χ2n) is 4.70. The molecule has 0 radical (unpaired) electrons. The Balaban J connectivity index is 0.00000220. The summed E-state index contributed by atoms with van der Waals surface area (Å²) in [5.41, 5.74) is 0.973. The summed E-state index contributed by atoms with van der Waals surface area (Å²) < 4.78 is 10.8. The molecule has 1 aromatic carbocycles. The molecular weight excluding hydrogens is 313 g/mol. The van der Waals surface area contributed by atoms with Gasteiger partial charge in [0.15, 0.2) is 12.4 Å². The Bertz CT molecular complexity index is 575. The fourth-order valence-electron chi connectivity index (χ4n) is 1.72. The number of hydrogen-bond donors (Lipinski definition) is 1. The van der Waals surface area contributed by atoms with E-state index in [1.807, 2.05) is 26.1 Å². The van der Waals surface area contributed by atoms with Gasteiger partial charge >= 0.3 is 0 Å². The topological polar surface area (TPSA) is 60.2 Å². The van der Waals surface area contributed by atoms with Gasteiger partial charge < -0.3 is 14.6 Å². The van der Waals surface area contributed by atoms with Crippen molar-refractivity contribution < 1.29 is 9.26 Å². The van der Waals surface area contributed by atoms with E-state index >= 15 is 0 Å². The van der Waals surface area contributed by atoms with Gasteiger partial charge in [0.1, 0.15) is 5.75 Å². The second-order valence-corrected chi connectivity index (χ2v) is 5.13. The van der Waals surface area contributed by atoms with E-state index in [9.17, 15) is 0 Å². The molecule has 1 N–H and O–H groups in total. The van der Waals surface area contributed by atoms with Crippen molar-refractivity contribution in [2.75, 3.05) is 7.05 Å². The van der Waals surface area contributed by atoms with Crippen molar-refractivity contribution in [2.24, 2.45) is 0 Å². The molecule has 1 atom stereocenters. The van der Waals surface area contributed by atoms with Crippen molar-refractivity contribution in [2.45, 2.75) is 32.9 Å². The maximum atomic E-state index is 5.90. The van der Waals surface area contributed by atoms with E-state index in [2.05, 4.69) is 22.4 Å². The Morgan fingerprint density at radius 3 is 2.86 bits per heavy atom. The smallest absolute Gasteiger partial charge is 0.264 e. The Morgan fingerprint density at radius 2 is 2.19 bits per heavy atom. The lowest BCUT2D eigenvalue weighted by Crippen LogP contribution is -2.24. The summed E-state index contributed by atoms with van der Waals surface area (Å²) in [4.78, 5) is 4.29. The Hall–Kier alpha value is -1.30. The summed E-state index contributed by atoms with van der Waals surface area (Å²) in [6, 6.07) is 5.78. The fraction of sp³-hybridized carbons (Fsp3) is 0.429. The molecule has 0 spiro atoms. The van der Waals surface area contributed by atoms with Crippen molar-refractivity contribution in [3.8, 4) is 5.75 Å². The number of benzene rings is 1. The van der Waals surface area contributed by atoms with Gasteiger partial charge in [-0.2, -0.15) is 4.98 Å². The molecule has 0 aliphatic rings. The van der Waals surface area contributed by atoms with Gasteiger partial charge in [-0.05, 0) is 44.7 Å². The monoisotopic (exact) mass is 331 g/mol. The quantitative estimate of drug-likeness (QED) is 0.880. The van der Waals surface area contributed by atoms with E-state index in [1.165, 1.54) is 0 Å². The molecule has 0 saturated carbocycles. The molecule has 21 heavy (non-hydrogen) atoms. The zero-order valence-electron chi connectivity index (χ0n) is 12.2. The molecule has 1 unspecified atom stereocenters. The van der Waals surface area contributed by atoms with Crippen LogP contribution in [0.15, 0.2) is 22.7 Å². The van der Waals surface area contributed by atoms with Crippen LogP contribution in [0.4, 0.5) is 0 Å². The van der Waals surface area contributed by atoms with Crippen molar-refractivity contribution in [1.82, 2.24) is 15.5 Å². The third-order valence-electron chi connectivity index (χ3n) is 2.98. The number of nitrogens with one attached hydrogen (secondary N) is 1. The van der Waals surface area contributed by atoms with Crippen LogP contribution < -0.4 is 10.1 Å². The highest BCUT2D eigenvalue weighted by Crippen LogP contribution is 2.22. The van der Waals surface area contributed by atoms with Crippen molar-refractivity contribution in [1.29, 1.82) is 0 Å². The van der Waals surface area contributed by atoms with Crippen LogP contribution in [0, 0.1) is 6.92 Å². The average Bonchev–Trinajstić information content (AvgIpc) is 2.85. The van der Waals surface area contributed by atoms with Gasteiger partial charge in [0.25, 0.3) is 5.89 Å². The lowest BCUT2D eigenvalue weighted by Gasteiger charge is -2.06. The van der Waals surface area contributed by atoms with Crippen LogP contribution in [-0.2, 0) is 13.0 Å². The largest absolute Gasteiger partial charge is 0.483 e. The van der Waals surface area contributed by atoms with Crippen LogP contribution in [-0.4, -0.2) is 23.2 Å². The van der Waals surface area contributed by atoms with E-state index in [0.717, 1.165) is 17.7 Å². The first kappa shape index (κ1) is 17.8. The molecule has 7 heteroatoms.